The summed E-state index contributed by atoms with van der Waals surface area (Å²) in [5.74, 6) is -0.139. The van der Waals surface area contributed by atoms with Crippen LogP contribution in [-0.4, -0.2) is 29.8 Å². The summed E-state index contributed by atoms with van der Waals surface area (Å²) in [7, 11) is 0. The van der Waals surface area contributed by atoms with E-state index in [-0.39, 0.29) is 23.7 Å². The number of nitrogens with zero attached hydrogens (tertiary/aromatic N) is 1. The Morgan fingerprint density at radius 1 is 1.33 bits per heavy atom. The Morgan fingerprint density at radius 3 is 2.33 bits per heavy atom. The number of hydrogen-bond donors (Lipinski definition) is 1. The van der Waals surface area contributed by atoms with Gasteiger partial charge in [-0.15, -0.1) is 0 Å². The van der Waals surface area contributed by atoms with E-state index in [1.165, 1.54) is 4.90 Å². The lowest BCUT2D eigenvalue weighted by atomic mass is 10.00. The van der Waals surface area contributed by atoms with E-state index >= 15 is 0 Å². The molecule has 2 amide bonds. The van der Waals surface area contributed by atoms with E-state index in [9.17, 15) is 9.59 Å². The van der Waals surface area contributed by atoms with E-state index in [4.69, 9.17) is 5.73 Å². The fraction of sp³-hybridized carbons (Fsp3) is 0.636. The van der Waals surface area contributed by atoms with Crippen molar-refractivity contribution in [2.24, 2.45) is 17.6 Å². The van der Waals surface area contributed by atoms with E-state index in [1.807, 2.05) is 0 Å². The number of rotatable bonds is 3. The maximum atomic E-state index is 11.9. The molecule has 1 saturated carbocycles. The summed E-state index contributed by atoms with van der Waals surface area (Å²) < 4.78 is 0. The van der Waals surface area contributed by atoms with Gasteiger partial charge in [-0.2, -0.15) is 0 Å². The summed E-state index contributed by atoms with van der Waals surface area (Å²) >= 11 is 0. The quantitative estimate of drug-likeness (QED) is 0.535. The number of likely N-dealkylation sites (tertiary alicyclic amines) is 1. The molecule has 2 N–H and O–H groups in total. The molecule has 0 bridgehead atoms. The van der Waals surface area contributed by atoms with Crippen LogP contribution in [0.25, 0.3) is 0 Å². The second kappa shape index (κ2) is 3.77. The van der Waals surface area contributed by atoms with Gasteiger partial charge in [-0.25, -0.2) is 0 Å². The van der Waals surface area contributed by atoms with E-state index in [0.29, 0.717) is 13.1 Å². The minimum atomic E-state index is -0.0527. The van der Waals surface area contributed by atoms with Gasteiger partial charge >= 0.3 is 0 Å². The molecular weight excluding hydrogens is 192 g/mol. The van der Waals surface area contributed by atoms with Gasteiger partial charge in [-0.3, -0.25) is 14.5 Å². The van der Waals surface area contributed by atoms with E-state index < -0.39 is 0 Å². The van der Waals surface area contributed by atoms with Gasteiger partial charge in [0.1, 0.15) is 0 Å². The second-order valence-electron chi connectivity index (χ2n) is 4.36. The van der Waals surface area contributed by atoms with Gasteiger partial charge in [0.05, 0.1) is 18.4 Å². The Bertz CT molecular complexity index is 303. The van der Waals surface area contributed by atoms with E-state index in [0.717, 1.165) is 24.8 Å². The van der Waals surface area contributed by atoms with Gasteiger partial charge in [0.15, 0.2) is 0 Å². The first-order valence-corrected chi connectivity index (χ1v) is 5.37. The number of hydrogen-bond acceptors (Lipinski definition) is 3. The zero-order valence-corrected chi connectivity index (χ0v) is 8.74. The Balaban J connectivity index is 2.11. The number of nitrogens with two attached hydrogens (primary N) is 1. The second-order valence-corrected chi connectivity index (χ2v) is 4.36. The lowest BCUT2D eigenvalue weighted by Gasteiger charge is -2.16. The van der Waals surface area contributed by atoms with Crippen molar-refractivity contribution in [2.45, 2.75) is 19.3 Å². The number of carbonyl (C=O) groups is 2. The zero-order chi connectivity index (χ0) is 11.0. The van der Waals surface area contributed by atoms with E-state index in [2.05, 4.69) is 6.58 Å². The summed E-state index contributed by atoms with van der Waals surface area (Å²) in [6.07, 6.45) is 2.72. The highest BCUT2D eigenvalue weighted by atomic mass is 16.2. The fourth-order valence-corrected chi connectivity index (χ4v) is 2.50. The predicted octanol–water partition coefficient (Wildman–Crippen LogP) is 0.286. The largest absolute Gasteiger partial charge is 0.327 e. The van der Waals surface area contributed by atoms with Crippen LogP contribution in [-0.2, 0) is 9.59 Å². The molecule has 0 radical (unpaired) electrons. The molecule has 4 heteroatoms. The van der Waals surface area contributed by atoms with Crippen molar-refractivity contribution in [3.8, 4) is 0 Å². The molecule has 1 saturated heterocycles. The normalized spacial score (nSPS) is 29.8. The average Bonchev–Trinajstić information content (AvgIpc) is 2.78. The molecule has 0 spiro atoms. The standard InChI is InChI=1S/C11H16N2O2/c1-7(5-12)6-13-10(14)8-3-2-4-9(8)11(13)15/h8-9H,1-6,12H2. The molecule has 2 atom stereocenters. The van der Waals surface area contributed by atoms with Gasteiger partial charge in [-0.05, 0) is 18.4 Å². The summed E-state index contributed by atoms with van der Waals surface area (Å²) in [6, 6.07) is 0. The molecule has 1 heterocycles. The molecule has 0 aromatic rings. The Hall–Kier alpha value is -1.16. The van der Waals surface area contributed by atoms with Crippen LogP contribution in [0.1, 0.15) is 19.3 Å². The highest BCUT2D eigenvalue weighted by Crippen LogP contribution is 2.39. The van der Waals surface area contributed by atoms with Crippen LogP contribution in [0.2, 0.25) is 0 Å². The maximum absolute atomic E-state index is 11.9. The molecule has 0 aromatic heterocycles. The van der Waals surface area contributed by atoms with Crippen molar-refractivity contribution in [3.05, 3.63) is 12.2 Å². The molecule has 0 aromatic carbocycles. The third-order valence-electron chi connectivity index (χ3n) is 3.35. The van der Waals surface area contributed by atoms with Gasteiger partial charge in [0.2, 0.25) is 11.8 Å². The third-order valence-corrected chi connectivity index (χ3v) is 3.35. The monoisotopic (exact) mass is 208 g/mol. The molecule has 82 valence electrons. The van der Waals surface area contributed by atoms with Gasteiger partial charge < -0.3 is 5.73 Å². The first-order chi connectivity index (χ1) is 7.15. The first kappa shape index (κ1) is 10.4. The molecule has 2 aliphatic rings. The van der Waals surface area contributed by atoms with Crippen molar-refractivity contribution in [1.82, 2.24) is 4.90 Å². The first-order valence-electron chi connectivity index (χ1n) is 5.37. The molecule has 15 heavy (non-hydrogen) atoms. The Morgan fingerprint density at radius 2 is 1.87 bits per heavy atom. The number of amides is 2. The average molecular weight is 208 g/mol. The molecule has 2 rings (SSSR count). The summed E-state index contributed by atoms with van der Waals surface area (Å²) in [5, 5.41) is 0. The van der Waals surface area contributed by atoms with Crippen LogP contribution in [0.15, 0.2) is 12.2 Å². The Kier molecular flexibility index (Phi) is 2.61. The molecule has 1 aliphatic heterocycles. The fourth-order valence-electron chi connectivity index (χ4n) is 2.50. The number of carbonyl (C=O) groups excluding carboxylic acids is 2. The predicted molar refractivity (Wildman–Crippen MR) is 55.7 cm³/mol. The highest BCUT2D eigenvalue weighted by molar-refractivity contribution is 6.05. The molecule has 1 aliphatic carbocycles. The van der Waals surface area contributed by atoms with Crippen molar-refractivity contribution < 1.29 is 9.59 Å². The number of fused-ring (bicyclic) bond motifs is 1. The summed E-state index contributed by atoms with van der Waals surface area (Å²) in [6.45, 7) is 4.36. The molecule has 2 fully saturated rings. The molecular formula is C11H16N2O2. The van der Waals surface area contributed by atoms with Crippen LogP contribution < -0.4 is 5.73 Å². The highest BCUT2D eigenvalue weighted by Gasteiger charge is 2.49. The van der Waals surface area contributed by atoms with Crippen molar-refractivity contribution >= 4 is 11.8 Å². The number of imide groups is 1. The molecule has 2 unspecified atom stereocenters. The maximum Gasteiger partial charge on any atom is 0.233 e. The van der Waals surface area contributed by atoms with Crippen LogP contribution in [0.3, 0.4) is 0 Å². The lowest BCUT2D eigenvalue weighted by Crippen LogP contribution is -2.34. The van der Waals surface area contributed by atoms with Crippen LogP contribution in [0.4, 0.5) is 0 Å². The van der Waals surface area contributed by atoms with Crippen LogP contribution >= 0.6 is 0 Å². The summed E-state index contributed by atoms with van der Waals surface area (Å²) in [4.78, 5) is 25.1. The summed E-state index contributed by atoms with van der Waals surface area (Å²) in [5.41, 5.74) is 6.14. The van der Waals surface area contributed by atoms with Crippen molar-refractivity contribution in [1.29, 1.82) is 0 Å². The van der Waals surface area contributed by atoms with E-state index in [1.54, 1.807) is 0 Å². The smallest absolute Gasteiger partial charge is 0.233 e. The third kappa shape index (κ3) is 1.59. The minimum Gasteiger partial charge on any atom is -0.327 e. The molecule has 4 nitrogen and oxygen atoms in total. The van der Waals surface area contributed by atoms with Gasteiger partial charge in [-0.1, -0.05) is 13.0 Å². The lowest BCUT2D eigenvalue weighted by molar-refractivity contribution is -0.139. The van der Waals surface area contributed by atoms with Crippen molar-refractivity contribution in [3.63, 3.8) is 0 Å². The van der Waals surface area contributed by atoms with Gasteiger partial charge in [0, 0.05) is 6.54 Å². The van der Waals surface area contributed by atoms with Crippen LogP contribution in [0, 0.1) is 11.8 Å². The zero-order valence-electron chi connectivity index (χ0n) is 8.74. The SMILES string of the molecule is C=C(CN)CN1C(=O)C2CCCC2C1=O. The van der Waals surface area contributed by atoms with Crippen molar-refractivity contribution in [2.75, 3.05) is 13.1 Å². The van der Waals surface area contributed by atoms with Crippen LogP contribution in [0.5, 0.6) is 0 Å². The minimum absolute atomic E-state index is 0.0166. The van der Waals surface area contributed by atoms with Gasteiger partial charge in [0.25, 0.3) is 0 Å². The Labute approximate surface area is 89.1 Å². The topological polar surface area (TPSA) is 63.4 Å².